The fraction of sp³-hybridized carbons (Fsp3) is 0.889. The molecule has 0 aliphatic carbocycles. The topological polar surface area (TPSA) is 26.3 Å². The predicted molar refractivity (Wildman–Crippen MR) is 53.7 cm³/mol. The minimum Gasteiger partial charge on any atom is -0.385 e. The van der Waals surface area contributed by atoms with Gasteiger partial charge in [0.25, 0.3) is 0 Å². The number of hydrogen-bond acceptors (Lipinski definition) is 3. The Balaban J connectivity index is 3.14. The molecule has 3 heteroatoms. The first-order chi connectivity index (χ1) is 5.68. The summed E-state index contributed by atoms with van der Waals surface area (Å²) in [5.41, 5.74) is 0. The van der Waals surface area contributed by atoms with E-state index < -0.39 is 0 Å². The van der Waals surface area contributed by atoms with Crippen LogP contribution in [0.1, 0.15) is 20.3 Å². The number of carbonyl (C=O) groups excluding carboxylic acids is 1. The predicted octanol–water partition coefficient (Wildman–Crippen LogP) is 1.98. The van der Waals surface area contributed by atoms with Gasteiger partial charge in [0.15, 0.2) is 0 Å². The summed E-state index contributed by atoms with van der Waals surface area (Å²) in [5.74, 6) is 2.20. The fourth-order valence-corrected chi connectivity index (χ4v) is 1.65. The molecule has 0 rings (SSSR count). The number of methoxy groups -OCH3 is 1. The van der Waals surface area contributed by atoms with E-state index >= 15 is 0 Å². The summed E-state index contributed by atoms with van der Waals surface area (Å²) in [6.07, 6.45) is 1.03. The molecule has 0 aliphatic heterocycles. The molecular formula is C9H18O2S. The van der Waals surface area contributed by atoms with E-state index in [9.17, 15) is 4.79 Å². The minimum absolute atomic E-state index is 0.180. The summed E-state index contributed by atoms with van der Waals surface area (Å²) in [6.45, 7) is 4.68. The Bertz CT molecular complexity index is 124. The third-order valence-electron chi connectivity index (χ3n) is 1.53. The first-order valence-electron chi connectivity index (χ1n) is 4.28. The van der Waals surface area contributed by atoms with Gasteiger partial charge in [-0.05, 0) is 12.2 Å². The quantitative estimate of drug-likeness (QED) is 0.574. The average molecular weight is 190 g/mol. The lowest BCUT2D eigenvalue weighted by Gasteiger charge is -2.03. The van der Waals surface area contributed by atoms with Crippen molar-refractivity contribution < 1.29 is 9.53 Å². The van der Waals surface area contributed by atoms with Crippen molar-refractivity contribution >= 4 is 17.5 Å². The summed E-state index contributed by atoms with van der Waals surface area (Å²) in [7, 11) is 1.70. The second kappa shape index (κ2) is 7.62. The summed E-state index contributed by atoms with van der Waals surface area (Å²) >= 11 is 1.70. The zero-order valence-corrected chi connectivity index (χ0v) is 8.95. The highest BCUT2D eigenvalue weighted by Crippen LogP contribution is 2.06. The van der Waals surface area contributed by atoms with E-state index in [-0.39, 0.29) is 5.92 Å². The summed E-state index contributed by atoms with van der Waals surface area (Å²) in [4.78, 5) is 11.1. The van der Waals surface area contributed by atoms with Gasteiger partial charge in [0, 0.05) is 19.6 Å². The Labute approximate surface area is 79.1 Å². The molecule has 0 saturated carbocycles. The van der Waals surface area contributed by atoms with Crippen molar-refractivity contribution in [2.24, 2.45) is 5.92 Å². The molecule has 0 aromatic carbocycles. The van der Waals surface area contributed by atoms with Crippen molar-refractivity contribution in [3.05, 3.63) is 0 Å². The SMILES string of the molecule is COCCCSCC(=O)C(C)C. The van der Waals surface area contributed by atoms with Crippen molar-refractivity contribution in [2.75, 3.05) is 25.2 Å². The van der Waals surface area contributed by atoms with Gasteiger partial charge in [-0.25, -0.2) is 0 Å². The molecule has 0 aromatic rings. The Morgan fingerprint density at radius 1 is 1.50 bits per heavy atom. The first-order valence-corrected chi connectivity index (χ1v) is 5.43. The largest absolute Gasteiger partial charge is 0.385 e. The minimum atomic E-state index is 0.180. The lowest BCUT2D eigenvalue weighted by Crippen LogP contribution is -2.10. The van der Waals surface area contributed by atoms with E-state index in [1.807, 2.05) is 13.8 Å². The molecule has 12 heavy (non-hydrogen) atoms. The van der Waals surface area contributed by atoms with Gasteiger partial charge in [0.2, 0.25) is 0 Å². The number of thioether (sulfide) groups is 1. The molecule has 0 aliphatic rings. The Morgan fingerprint density at radius 3 is 2.67 bits per heavy atom. The van der Waals surface area contributed by atoms with Crippen molar-refractivity contribution in [3.63, 3.8) is 0 Å². The van der Waals surface area contributed by atoms with Crippen LogP contribution >= 0.6 is 11.8 Å². The van der Waals surface area contributed by atoms with Gasteiger partial charge < -0.3 is 4.74 Å². The molecule has 0 radical (unpaired) electrons. The van der Waals surface area contributed by atoms with E-state index in [1.54, 1.807) is 18.9 Å². The molecule has 0 atom stereocenters. The molecule has 0 aromatic heterocycles. The third-order valence-corrected chi connectivity index (χ3v) is 2.59. The highest BCUT2D eigenvalue weighted by molar-refractivity contribution is 7.99. The second-order valence-corrected chi connectivity index (χ2v) is 4.13. The van der Waals surface area contributed by atoms with E-state index in [0.717, 1.165) is 18.8 Å². The van der Waals surface area contributed by atoms with E-state index in [1.165, 1.54) is 0 Å². The zero-order chi connectivity index (χ0) is 9.40. The van der Waals surface area contributed by atoms with Crippen LogP contribution in [0, 0.1) is 5.92 Å². The van der Waals surface area contributed by atoms with Gasteiger partial charge >= 0.3 is 0 Å². The molecule has 0 amide bonds. The summed E-state index contributed by atoms with van der Waals surface area (Å²) < 4.78 is 4.90. The zero-order valence-electron chi connectivity index (χ0n) is 8.13. The first kappa shape index (κ1) is 12.0. The van der Waals surface area contributed by atoms with Gasteiger partial charge in [-0.3, -0.25) is 4.79 Å². The van der Waals surface area contributed by atoms with Crippen molar-refractivity contribution in [2.45, 2.75) is 20.3 Å². The maximum atomic E-state index is 11.1. The van der Waals surface area contributed by atoms with Crippen molar-refractivity contribution in [1.82, 2.24) is 0 Å². The monoisotopic (exact) mass is 190 g/mol. The fourth-order valence-electron chi connectivity index (χ4n) is 0.645. The number of hydrogen-bond donors (Lipinski definition) is 0. The van der Waals surface area contributed by atoms with E-state index in [0.29, 0.717) is 11.5 Å². The highest BCUT2D eigenvalue weighted by Gasteiger charge is 2.05. The number of ketones is 1. The smallest absolute Gasteiger partial charge is 0.145 e. The summed E-state index contributed by atoms with van der Waals surface area (Å²) in [6, 6.07) is 0. The highest BCUT2D eigenvalue weighted by atomic mass is 32.2. The normalized spacial score (nSPS) is 10.7. The van der Waals surface area contributed by atoms with Crippen molar-refractivity contribution in [1.29, 1.82) is 0 Å². The van der Waals surface area contributed by atoms with E-state index in [4.69, 9.17) is 4.74 Å². The molecule has 0 unspecified atom stereocenters. The van der Waals surface area contributed by atoms with Gasteiger partial charge in [0.1, 0.15) is 5.78 Å². The van der Waals surface area contributed by atoms with Gasteiger partial charge in [0.05, 0.1) is 5.75 Å². The van der Waals surface area contributed by atoms with Crippen LogP contribution < -0.4 is 0 Å². The van der Waals surface area contributed by atoms with E-state index in [2.05, 4.69) is 0 Å². The van der Waals surface area contributed by atoms with Crippen LogP contribution in [0.2, 0.25) is 0 Å². The Kier molecular flexibility index (Phi) is 7.61. The summed E-state index contributed by atoms with van der Waals surface area (Å²) in [5, 5.41) is 0. The molecule has 2 nitrogen and oxygen atoms in total. The van der Waals surface area contributed by atoms with Crippen LogP contribution in [0.4, 0.5) is 0 Å². The van der Waals surface area contributed by atoms with Crippen LogP contribution in [-0.2, 0) is 9.53 Å². The maximum absolute atomic E-state index is 11.1. The number of Topliss-reactive ketones (excluding diaryl/α,β-unsaturated/α-hetero) is 1. The maximum Gasteiger partial charge on any atom is 0.145 e. The van der Waals surface area contributed by atoms with Gasteiger partial charge in [-0.2, -0.15) is 11.8 Å². The van der Waals surface area contributed by atoms with Crippen molar-refractivity contribution in [3.8, 4) is 0 Å². The molecule has 0 bridgehead atoms. The average Bonchev–Trinajstić information content (AvgIpc) is 2.03. The second-order valence-electron chi connectivity index (χ2n) is 3.02. The Morgan fingerprint density at radius 2 is 2.17 bits per heavy atom. The van der Waals surface area contributed by atoms with Crippen LogP contribution in [0.3, 0.4) is 0 Å². The molecular weight excluding hydrogens is 172 g/mol. The van der Waals surface area contributed by atoms with Gasteiger partial charge in [-0.1, -0.05) is 13.8 Å². The lowest BCUT2D eigenvalue weighted by atomic mass is 10.1. The van der Waals surface area contributed by atoms with Crippen LogP contribution in [0.15, 0.2) is 0 Å². The molecule has 0 saturated heterocycles. The Hall–Kier alpha value is -0.0200. The standard InChI is InChI=1S/C9H18O2S/c1-8(2)9(10)7-12-6-4-5-11-3/h8H,4-7H2,1-3H3. The van der Waals surface area contributed by atoms with Gasteiger partial charge in [-0.15, -0.1) is 0 Å². The van der Waals surface area contributed by atoms with Crippen LogP contribution in [0.5, 0.6) is 0 Å². The van der Waals surface area contributed by atoms with Crippen LogP contribution in [-0.4, -0.2) is 31.0 Å². The molecule has 0 N–H and O–H groups in total. The third kappa shape index (κ3) is 6.68. The lowest BCUT2D eigenvalue weighted by molar-refractivity contribution is -0.119. The van der Waals surface area contributed by atoms with Crippen LogP contribution in [0.25, 0.3) is 0 Å². The number of ether oxygens (including phenoxy) is 1. The number of rotatable bonds is 7. The molecule has 0 heterocycles. The molecule has 0 fully saturated rings. The molecule has 0 spiro atoms. The number of carbonyl (C=O) groups is 1. The molecule has 72 valence electrons.